The van der Waals surface area contributed by atoms with E-state index in [2.05, 4.69) is 4.90 Å². The fourth-order valence-corrected chi connectivity index (χ4v) is 2.14. The highest BCUT2D eigenvalue weighted by molar-refractivity contribution is 5.46. The van der Waals surface area contributed by atoms with Crippen molar-refractivity contribution < 1.29 is 9.13 Å². The maximum Gasteiger partial charge on any atom is 0.123 e. The van der Waals surface area contributed by atoms with Gasteiger partial charge in [-0.2, -0.15) is 0 Å². The van der Waals surface area contributed by atoms with Gasteiger partial charge in [0.2, 0.25) is 0 Å². The summed E-state index contributed by atoms with van der Waals surface area (Å²) in [6, 6.07) is 12.4. The largest absolute Gasteiger partial charge is 0.497 e. The van der Waals surface area contributed by atoms with E-state index in [1.807, 2.05) is 31.3 Å². The molecular formula is C16H19FN2O. The number of hydrogen-bond acceptors (Lipinski definition) is 3. The lowest BCUT2D eigenvalue weighted by molar-refractivity contribution is 0.318. The van der Waals surface area contributed by atoms with Gasteiger partial charge in [0.1, 0.15) is 11.6 Å². The minimum absolute atomic E-state index is 0.260. The molecule has 0 amide bonds. The van der Waals surface area contributed by atoms with E-state index in [4.69, 9.17) is 10.5 Å². The summed E-state index contributed by atoms with van der Waals surface area (Å²) >= 11 is 0. The Morgan fingerprint density at radius 1 is 1.15 bits per heavy atom. The highest BCUT2D eigenvalue weighted by Crippen LogP contribution is 2.18. The Balaban J connectivity index is 2.04. The fraction of sp³-hybridized carbons (Fsp3) is 0.250. The smallest absolute Gasteiger partial charge is 0.123 e. The first kappa shape index (κ1) is 14.3. The highest BCUT2D eigenvalue weighted by atomic mass is 19.1. The third-order valence-corrected chi connectivity index (χ3v) is 3.13. The number of anilines is 1. The van der Waals surface area contributed by atoms with Crippen molar-refractivity contribution in [1.82, 2.24) is 4.90 Å². The number of methoxy groups -OCH3 is 1. The van der Waals surface area contributed by atoms with Gasteiger partial charge in [-0.1, -0.05) is 12.1 Å². The molecule has 2 aromatic rings. The molecule has 106 valence electrons. The van der Waals surface area contributed by atoms with Crippen LogP contribution in [0.5, 0.6) is 5.75 Å². The average Bonchev–Trinajstić information content (AvgIpc) is 2.43. The normalized spacial score (nSPS) is 10.8. The van der Waals surface area contributed by atoms with Crippen LogP contribution < -0.4 is 10.5 Å². The topological polar surface area (TPSA) is 38.5 Å². The number of halogens is 1. The van der Waals surface area contributed by atoms with Gasteiger partial charge in [0.15, 0.2) is 0 Å². The summed E-state index contributed by atoms with van der Waals surface area (Å²) in [5.74, 6) is 0.574. The quantitative estimate of drug-likeness (QED) is 0.852. The van der Waals surface area contributed by atoms with Crippen molar-refractivity contribution in [3.63, 3.8) is 0 Å². The maximum atomic E-state index is 13.2. The molecule has 0 unspecified atom stereocenters. The average molecular weight is 274 g/mol. The molecule has 3 nitrogen and oxygen atoms in total. The van der Waals surface area contributed by atoms with Crippen molar-refractivity contribution in [1.29, 1.82) is 0 Å². The van der Waals surface area contributed by atoms with E-state index in [9.17, 15) is 4.39 Å². The van der Waals surface area contributed by atoms with Crippen molar-refractivity contribution in [3.8, 4) is 5.75 Å². The second-order valence-corrected chi connectivity index (χ2v) is 4.87. The zero-order valence-electron chi connectivity index (χ0n) is 11.8. The van der Waals surface area contributed by atoms with Crippen LogP contribution in [0.3, 0.4) is 0 Å². The van der Waals surface area contributed by atoms with E-state index in [0.29, 0.717) is 12.2 Å². The lowest BCUT2D eigenvalue weighted by Gasteiger charge is -2.18. The van der Waals surface area contributed by atoms with Crippen molar-refractivity contribution >= 4 is 5.69 Å². The number of benzene rings is 2. The molecule has 2 N–H and O–H groups in total. The first-order chi connectivity index (χ1) is 9.58. The molecule has 4 heteroatoms. The SMILES string of the molecule is COc1cccc(CN(C)Cc2cc(F)ccc2N)c1. The number of ether oxygens (including phenoxy) is 1. The van der Waals surface area contributed by atoms with Gasteiger partial charge in [-0.05, 0) is 48.5 Å². The Kier molecular flexibility index (Phi) is 4.58. The van der Waals surface area contributed by atoms with Crippen LogP contribution in [0, 0.1) is 5.82 Å². The molecule has 0 atom stereocenters. The van der Waals surface area contributed by atoms with Crippen LogP contribution in [0.1, 0.15) is 11.1 Å². The molecule has 0 fully saturated rings. The Bertz CT molecular complexity index is 586. The summed E-state index contributed by atoms with van der Waals surface area (Å²) in [6.07, 6.45) is 0. The van der Waals surface area contributed by atoms with Crippen LogP contribution in [0.2, 0.25) is 0 Å². The van der Waals surface area contributed by atoms with Crippen molar-refractivity contribution in [2.75, 3.05) is 19.9 Å². The Hall–Kier alpha value is -2.07. The first-order valence-corrected chi connectivity index (χ1v) is 6.44. The fourth-order valence-electron chi connectivity index (χ4n) is 2.14. The molecule has 0 heterocycles. The third-order valence-electron chi connectivity index (χ3n) is 3.13. The second kappa shape index (κ2) is 6.39. The van der Waals surface area contributed by atoms with E-state index >= 15 is 0 Å². The van der Waals surface area contributed by atoms with E-state index in [1.165, 1.54) is 12.1 Å². The number of rotatable bonds is 5. The molecular weight excluding hydrogens is 255 g/mol. The zero-order chi connectivity index (χ0) is 14.5. The van der Waals surface area contributed by atoms with Gasteiger partial charge < -0.3 is 10.5 Å². The molecule has 0 aliphatic carbocycles. The standard InChI is InChI=1S/C16H19FN2O/c1-19(10-12-4-3-5-15(8-12)20-2)11-13-9-14(17)6-7-16(13)18/h3-9H,10-11,18H2,1-2H3. The summed E-state index contributed by atoms with van der Waals surface area (Å²) in [5, 5.41) is 0. The molecule has 2 rings (SSSR count). The highest BCUT2D eigenvalue weighted by Gasteiger charge is 2.06. The molecule has 0 bridgehead atoms. The van der Waals surface area contributed by atoms with Crippen LogP contribution in [-0.4, -0.2) is 19.1 Å². The van der Waals surface area contributed by atoms with Gasteiger partial charge in [-0.25, -0.2) is 4.39 Å². The maximum absolute atomic E-state index is 13.2. The summed E-state index contributed by atoms with van der Waals surface area (Å²) in [5.41, 5.74) is 8.42. The number of nitrogens with zero attached hydrogens (tertiary/aromatic N) is 1. The molecule has 0 aliphatic rings. The molecule has 0 saturated carbocycles. The summed E-state index contributed by atoms with van der Waals surface area (Å²) in [4.78, 5) is 2.08. The first-order valence-electron chi connectivity index (χ1n) is 6.44. The number of hydrogen-bond donors (Lipinski definition) is 1. The predicted octanol–water partition coefficient (Wildman–Crippen LogP) is 3.05. The molecule has 0 radical (unpaired) electrons. The minimum atomic E-state index is -0.260. The van der Waals surface area contributed by atoms with E-state index in [-0.39, 0.29) is 5.82 Å². The van der Waals surface area contributed by atoms with E-state index in [0.717, 1.165) is 23.4 Å². The second-order valence-electron chi connectivity index (χ2n) is 4.87. The molecule has 2 aromatic carbocycles. The third kappa shape index (κ3) is 3.71. The van der Waals surface area contributed by atoms with Gasteiger partial charge >= 0.3 is 0 Å². The van der Waals surface area contributed by atoms with Crippen molar-refractivity contribution in [2.45, 2.75) is 13.1 Å². The number of nitrogen functional groups attached to an aromatic ring is 1. The lowest BCUT2D eigenvalue weighted by atomic mass is 10.1. The Morgan fingerprint density at radius 3 is 2.70 bits per heavy atom. The number of nitrogens with two attached hydrogens (primary N) is 1. The summed E-state index contributed by atoms with van der Waals surface area (Å²) < 4.78 is 18.4. The van der Waals surface area contributed by atoms with Crippen molar-refractivity contribution in [2.24, 2.45) is 0 Å². The Labute approximate surface area is 118 Å². The van der Waals surface area contributed by atoms with Crippen LogP contribution in [-0.2, 0) is 13.1 Å². The molecule has 0 spiro atoms. The monoisotopic (exact) mass is 274 g/mol. The minimum Gasteiger partial charge on any atom is -0.497 e. The van der Waals surface area contributed by atoms with E-state index in [1.54, 1.807) is 13.2 Å². The summed E-state index contributed by atoms with van der Waals surface area (Å²) in [6.45, 7) is 1.34. The van der Waals surface area contributed by atoms with E-state index < -0.39 is 0 Å². The van der Waals surface area contributed by atoms with Gasteiger partial charge in [0.25, 0.3) is 0 Å². The van der Waals surface area contributed by atoms with Gasteiger partial charge in [0, 0.05) is 18.8 Å². The van der Waals surface area contributed by atoms with Crippen LogP contribution >= 0.6 is 0 Å². The van der Waals surface area contributed by atoms with Crippen LogP contribution in [0.15, 0.2) is 42.5 Å². The predicted molar refractivity (Wildman–Crippen MR) is 79.0 cm³/mol. The molecule has 0 saturated heterocycles. The lowest BCUT2D eigenvalue weighted by Crippen LogP contribution is -2.18. The molecule has 0 aliphatic heterocycles. The molecule has 20 heavy (non-hydrogen) atoms. The Morgan fingerprint density at radius 2 is 1.95 bits per heavy atom. The van der Waals surface area contributed by atoms with Crippen LogP contribution in [0.25, 0.3) is 0 Å². The zero-order valence-corrected chi connectivity index (χ0v) is 11.8. The summed E-state index contributed by atoms with van der Waals surface area (Å²) in [7, 11) is 3.63. The van der Waals surface area contributed by atoms with Crippen molar-refractivity contribution in [3.05, 3.63) is 59.4 Å². The van der Waals surface area contributed by atoms with Gasteiger partial charge in [-0.15, -0.1) is 0 Å². The van der Waals surface area contributed by atoms with Crippen LogP contribution in [0.4, 0.5) is 10.1 Å². The van der Waals surface area contributed by atoms with Gasteiger partial charge in [0.05, 0.1) is 7.11 Å². The van der Waals surface area contributed by atoms with Gasteiger partial charge in [-0.3, -0.25) is 4.90 Å². The molecule has 0 aromatic heterocycles.